The standard InChI is InChI=1S/C20H21N3O2/c1-22(2)13-14-25-19-9-4-3-8-18(19)23-15-16(10-11-20(23)24)17-7-5-6-12-21-17/h3-12,15H,13-14H2,1-2H3. The first-order chi connectivity index (χ1) is 12.1. The molecule has 0 aliphatic heterocycles. The molecule has 25 heavy (non-hydrogen) atoms. The molecule has 0 amide bonds. The Morgan fingerprint density at radius 1 is 1.04 bits per heavy atom. The molecule has 0 saturated carbocycles. The van der Waals surface area contributed by atoms with Crippen LogP contribution in [0.15, 0.2) is 71.8 Å². The van der Waals surface area contributed by atoms with E-state index in [1.807, 2.05) is 56.6 Å². The molecule has 2 aromatic heterocycles. The van der Waals surface area contributed by atoms with E-state index in [2.05, 4.69) is 9.88 Å². The van der Waals surface area contributed by atoms with Crippen molar-refractivity contribution in [1.82, 2.24) is 14.5 Å². The van der Waals surface area contributed by atoms with Crippen molar-refractivity contribution in [2.45, 2.75) is 0 Å². The molecule has 0 unspecified atom stereocenters. The fraction of sp³-hybridized carbons (Fsp3) is 0.200. The van der Waals surface area contributed by atoms with Gasteiger partial charge in [0, 0.05) is 30.6 Å². The zero-order valence-corrected chi connectivity index (χ0v) is 14.4. The van der Waals surface area contributed by atoms with Crippen molar-refractivity contribution in [2.75, 3.05) is 27.2 Å². The van der Waals surface area contributed by atoms with E-state index in [0.29, 0.717) is 12.4 Å². The first-order valence-electron chi connectivity index (χ1n) is 8.16. The quantitative estimate of drug-likeness (QED) is 0.695. The van der Waals surface area contributed by atoms with Crippen molar-refractivity contribution in [3.8, 4) is 22.7 Å². The van der Waals surface area contributed by atoms with Crippen molar-refractivity contribution in [2.24, 2.45) is 0 Å². The lowest BCUT2D eigenvalue weighted by Gasteiger charge is -2.15. The van der Waals surface area contributed by atoms with Crippen LogP contribution in [0.25, 0.3) is 16.9 Å². The molecule has 0 aliphatic rings. The van der Waals surface area contributed by atoms with E-state index in [1.54, 1.807) is 29.1 Å². The van der Waals surface area contributed by atoms with Crippen molar-refractivity contribution >= 4 is 0 Å². The van der Waals surface area contributed by atoms with Crippen LogP contribution in [0.4, 0.5) is 0 Å². The van der Waals surface area contributed by atoms with Crippen LogP contribution in [0.2, 0.25) is 0 Å². The Morgan fingerprint density at radius 3 is 2.60 bits per heavy atom. The van der Waals surface area contributed by atoms with Crippen LogP contribution in [-0.4, -0.2) is 41.7 Å². The SMILES string of the molecule is CN(C)CCOc1ccccc1-n1cc(-c2ccccn2)ccc1=O. The van der Waals surface area contributed by atoms with Gasteiger partial charge in [0.25, 0.3) is 5.56 Å². The third-order valence-electron chi connectivity index (χ3n) is 3.79. The summed E-state index contributed by atoms with van der Waals surface area (Å²) in [5, 5.41) is 0. The lowest BCUT2D eigenvalue weighted by Crippen LogP contribution is -2.21. The monoisotopic (exact) mass is 335 g/mol. The molecule has 0 spiro atoms. The van der Waals surface area contributed by atoms with Gasteiger partial charge < -0.3 is 9.64 Å². The van der Waals surface area contributed by atoms with Crippen LogP contribution >= 0.6 is 0 Å². The summed E-state index contributed by atoms with van der Waals surface area (Å²) in [7, 11) is 3.99. The van der Waals surface area contributed by atoms with Crippen molar-refractivity contribution in [3.05, 3.63) is 77.3 Å². The summed E-state index contributed by atoms with van der Waals surface area (Å²) in [5.41, 5.74) is 2.32. The molecule has 3 rings (SSSR count). The number of aromatic nitrogens is 2. The number of likely N-dealkylation sites (N-methyl/N-ethyl adjacent to an activating group) is 1. The van der Waals surface area contributed by atoms with Crippen LogP contribution in [-0.2, 0) is 0 Å². The predicted molar refractivity (Wildman–Crippen MR) is 99.3 cm³/mol. The fourth-order valence-electron chi connectivity index (χ4n) is 2.48. The van der Waals surface area contributed by atoms with E-state index in [4.69, 9.17) is 4.74 Å². The molecule has 0 aliphatic carbocycles. The number of rotatable bonds is 6. The highest BCUT2D eigenvalue weighted by atomic mass is 16.5. The Bertz CT molecular complexity index is 889. The summed E-state index contributed by atoms with van der Waals surface area (Å²) < 4.78 is 7.49. The van der Waals surface area contributed by atoms with Crippen LogP contribution in [0.3, 0.4) is 0 Å². The average molecular weight is 335 g/mol. The Balaban J connectivity index is 1.98. The molecule has 0 atom stereocenters. The van der Waals surface area contributed by atoms with Gasteiger partial charge in [0.2, 0.25) is 0 Å². The molecule has 1 aromatic carbocycles. The zero-order chi connectivity index (χ0) is 17.6. The Hall–Kier alpha value is -2.92. The van der Waals surface area contributed by atoms with Gasteiger partial charge in [-0.1, -0.05) is 18.2 Å². The third-order valence-corrected chi connectivity index (χ3v) is 3.79. The smallest absolute Gasteiger partial charge is 0.255 e. The maximum Gasteiger partial charge on any atom is 0.255 e. The molecule has 5 heteroatoms. The van der Waals surface area contributed by atoms with Gasteiger partial charge in [-0.15, -0.1) is 0 Å². The summed E-state index contributed by atoms with van der Waals surface area (Å²) in [6.45, 7) is 1.36. The minimum absolute atomic E-state index is 0.108. The second-order valence-corrected chi connectivity index (χ2v) is 5.96. The molecule has 0 saturated heterocycles. The average Bonchev–Trinajstić information content (AvgIpc) is 2.63. The molecule has 3 aromatic rings. The van der Waals surface area contributed by atoms with Crippen molar-refractivity contribution < 1.29 is 4.74 Å². The van der Waals surface area contributed by atoms with Crippen LogP contribution in [0, 0.1) is 0 Å². The van der Waals surface area contributed by atoms with Gasteiger partial charge in [0.15, 0.2) is 0 Å². The van der Waals surface area contributed by atoms with Crippen molar-refractivity contribution in [1.29, 1.82) is 0 Å². The highest BCUT2D eigenvalue weighted by Crippen LogP contribution is 2.23. The number of ether oxygens (including phenoxy) is 1. The van der Waals surface area contributed by atoms with Crippen molar-refractivity contribution in [3.63, 3.8) is 0 Å². The van der Waals surface area contributed by atoms with Gasteiger partial charge in [-0.05, 0) is 44.4 Å². The van der Waals surface area contributed by atoms with E-state index >= 15 is 0 Å². The lowest BCUT2D eigenvalue weighted by molar-refractivity contribution is 0.261. The summed E-state index contributed by atoms with van der Waals surface area (Å²) in [5.74, 6) is 0.685. The summed E-state index contributed by atoms with van der Waals surface area (Å²) in [6, 6.07) is 16.6. The number of nitrogens with zero attached hydrogens (tertiary/aromatic N) is 3. The second kappa shape index (κ2) is 7.77. The number of benzene rings is 1. The van der Waals surface area contributed by atoms with Crippen LogP contribution in [0.1, 0.15) is 0 Å². The first-order valence-corrected chi connectivity index (χ1v) is 8.16. The maximum atomic E-state index is 12.4. The van der Waals surface area contributed by atoms with Crippen LogP contribution < -0.4 is 10.3 Å². The molecular formula is C20H21N3O2. The van der Waals surface area contributed by atoms with E-state index < -0.39 is 0 Å². The summed E-state index contributed by atoms with van der Waals surface area (Å²) >= 11 is 0. The Labute approximate surface area is 147 Å². The van der Waals surface area contributed by atoms with Gasteiger partial charge in [-0.3, -0.25) is 14.3 Å². The number of hydrogen-bond donors (Lipinski definition) is 0. The number of pyridine rings is 2. The van der Waals surface area contributed by atoms with E-state index in [0.717, 1.165) is 23.5 Å². The van der Waals surface area contributed by atoms with Gasteiger partial charge in [0.1, 0.15) is 12.4 Å². The topological polar surface area (TPSA) is 47.4 Å². The highest BCUT2D eigenvalue weighted by Gasteiger charge is 2.09. The molecule has 2 heterocycles. The zero-order valence-electron chi connectivity index (χ0n) is 14.4. The maximum absolute atomic E-state index is 12.4. The van der Waals surface area contributed by atoms with Gasteiger partial charge >= 0.3 is 0 Å². The molecule has 5 nitrogen and oxygen atoms in total. The van der Waals surface area contributed by atoms with Gasteiger partial charge in [0.05, 0.1) is 11.4 Å². The minimum Gasteiger partial charge on any atom is -0.490 e. The van der Waals surface area contributed by atoms with E-state index in [9.17, 15) is 4.79 Å². The molecule has 0 N–H and O–H groups in total. The normalized spacial score (nSPS) is 10.8. The molecule has 0 fully saturated rings. The largest absolute Gasteiger partial charge is 0.490 e. The molecule has 128 valence electrons. The fourth-order valence-corrected chi connectivity index (χ4v) is 2.48. The Morgan fingerprint density at radius 2 is 1.84 bits per heavy atom. The second-order valence-electron chi connectivity index (χ2n) is 5.96. The summed E-state index contributed by atoms with van der Waals surface area (Å²) in [4.78, 5) is 18.8. The Kier molecular flexibility index (Phi) is 5.26. The number of para-hydroxylation sites is 2. The first kappa shape index (κ1) is 16.9. The number of hydrogen-bond acceptors (Lipinski definition) is 4. The molecule has 0 bridgehead atoms. The highest BCUT2D eigenvalue weighted by molar-refractivity contribution is 5.59. The predicted octanol–water partition coefficient (Wildman–Crippen LogP) is 2.84. The van der Waals surface area contributed by atoms with Gasteiger partial charge in [-0.2, -0.15) is 0 Å². The summed E-state index contributed by atoms with van der Waals surface area (Å²) in [6.07, 6.45) is 3.54. The lowest BCUT2D eigenvalue weighted by atomic mass is 10.2. The minimum atomic E-state index is -0.108. The van der Waals surface area contributed by atoms with E-state index in [1.165, 1.54) is 0 Å². The third kappa shape index (κ3) is 4.14. The molecule has 0 radical (unpaired) electrons. The van der Waals surface area contributed by atoms with Gasteiger partial charge in [-0.25, -0.2) is 0 Å². The van der Waals surface area contributed by atoms with E-state index in [-0.39, 0.29) is 5.56 Å². The van der Waals surface area contributed by atoms with Crippen LogP contribution in [0.5, 0.6) is 5.75 Å². The molecular weight excluding hydrogens is 314 g/mol.